The molecule has 1 saturated carbocycles. The number of aromatic nitrogens is 2. The van der Waals surface area contributed by atoms with E-state index >= 15 is 0 Å². The predicted octanol–water partition coefficient (Wildman–Crippen LogP) is 3.13. The molecule has 2 aromatic heterocycles. The quantitative estimate of drug-likeness (QED) is 0.518. The first-order valence-electron chi connectivity index (χ1n) is 9.39. The molecule has 1 aliphatic heterocycles. The molecule has 0 unspecified atom stereocenters. The van der Waals surface area contributed by atoms with Crippen LogP contribution in [0.1, 0.15) is 18.4 Å². The maximum atomic E-state index is 12.2. The van der Waals surface area contributed by atoms with Crippen molar-refractivity contribution >= 4 is 40.4 Å². The number of pyridine rings is 1. The van der Waals surface area contributed by atoms with Crippen LogP contribution in [0.2, 0.25) is 0 Å². The molecule has 7 heteroatoms. The van der Waals surface area contributed by atoms with Crippen molar-refractivity contribution in [3.05, 3.63) is 60.1 Å². The summed E-state index contributed by atoms with van der Waals surface area (Å²) in [4.78, 5) is 24.3. The highest BCUT2D eigenvalue weighted by molar-refractivity contribution is 6.14. The van der Waals surface area contributed by atoms with Gasteiger partial charge in [-0.05, 0) is 43.0 Å². The Morgan fingerprint density at radius 2 is 2.04 bits per heavy atom. The fraction of sp³-hybridized carbons (Fsp3) is 0.190. The van der Waals surface area contributed by atoms with Crippen LogP contribution < -0.4 is 16.0 Å². The van der Waals surface area contributed by atoms with E-state index in [1.165, 1.54) is 12.8 Å². The van der Waals surface area contributed by atoms with Crippen molar-refractivity contribution in [1.82, 2.24) is 20.6 Å². The molecule has 0 spiro atoms. The Morgan fingerprint density at radius 3 is 2.86 bits per heavy atom. The fourth-order valence-electron chi connectivity index (χ4n) is 3.16. The monoisotopic (exact) mass is 372 g/mol. The lowest BCUT2D eigenvalue weighted by molar-refractivity contribution is -0.115. The molecule has 3 aromatic rings. The molecule has 0 saturated heterocycles. The first-order chi connectivity index (χ1) is 13.7. The van der Waals surface area contributed by atoms with E-state index in [1.807, 2.05) is 42.6 Å². The average molecular weight is 372 g/mol. The van der Waals surface area contributed by atoms with Gasteiger partial charge in [-0.25, -0.2) is 9.98 Å². The number of para-hydroxylation sites is 1. The van der Waals surface area contributed by atoms with Crippen LogP contribution in [0.5, 0.6) is 0 Å². The molecule has 28 heavy (non-hydrogen) atoms. The number of guanidine groups is 1. The lowest BCUT2D eigenvalue weighted by Crippen LogP contribution is -2.37. The topological polar surface area (TPSA) is 94.2 Å². The Labute approximate surface area is 162 Å². The molecule has 1 amide bonds. The number of benzene rings is 1. The van der Waals surface area contributed by atoms with Crippen LogP contribution in [0.4, 0.5) is 11.4 Å². The molecule has 5 rings (SSSR count). The highest BCUT2D eigenvalue weighted by Crippen LogP contribution is 2.28. The second-order valence-electron chi connectivity index (χ2n) is 7.12. The summed E-state index contributed by atoms with van der Waals surface area (Å²) in [6, 6.07) is 11.9. The number of amides is 1. The number of anilines is 2. The largest absolute Gasteiger partial charge is 0.355 e. The van der Waals surface area contributed by atoms with Crippen LogP contribution in [-0.4, -0.2) is 28.4 Å². The molecule has 1 aliphatic carbocycles. The van der Waals surface area contributed by atoms with Gasteiger partial charge in [0.25, 0.3) is 5.91 Å². The third-order valence-corrected chi connectivity index (χ3v) is 4.87. The Morgan fingerprint density at radius 1 is 1.18 bits per heavy atom. The zero-order valence-electron chi connectivity index (χ0n) is 15.2. The van der Waals surface area contributed by atoms with Crippen LogP contribution in [-0.2, 0) is 4.79 Å². The predicted molar refractivity (Wildman–Crippen MR) is 110 cm³/mol. The summed E-state index contributed by atoms with van der Waals surface area (Å²) in [6.45, 7) is 0.859. The molecule has 1 fully saturated rings. The number of aliphatic imine (C=N–C) groups is 1. The molecule has 2 aliphatic rings. The molecule has 0 bridgehead atoms. The van der Waals surface area contributed by atoms with Gasteiger partial charge in [0.2, 0.25) is 5.96 Å². The summed E-state index contributed by atoms with van der Waals surface area (Å²) in [5.74, 6) is 1.05. The summed E-state index contributed by atoms with van der Waals surface area (Å²) >= 11 is 0. The fourth-order valence-corrected chi connectivity index (χ4v) is 3.16. The van der Waals surface area contributed by atoms with Crippen LogP contribution in [0.25, 0.3) is 17.1 Å². The van der Waals surface area contributed by atoms with Gasteiger partial charge in [-0.15, -0.1) is 0 Å². The molecular formula is C21H20N6O. The minimum Gasteiger partial charge on any atom is -0.355 e. The third kappa shape index (κ3) is 3.46. The van der Waals surface area contributed by atoms with Crippen molar-refractivity contribution in [2.24, 2.45) is 10.9 Å². The molecule has 4 N–H and O–H groups in total. The normalized spacial score (nSPS) is 17.6. The lowest BCUT2D eigenvalue weighted by Gasteiger charge is -2.05. The zero-order valence-corrected chi connectivity index (χ0v) is 15.2. The molecular weight excluding hydrogens is 352 g/mol. The smallest absolute Gasteiger partial charge is 0.276 e. The van der Waals surface area contributed by atoms with Crippen molar-refractivity contribution in [1.29, 1.82) is 0 Å². The van der Waals surface area contributed by atoms with Gasteiger partial charge in [0, 0.05) is 29.4 Å². The number of rotatable bonds is 5. The molecule has 0 atom stereocenters. The lowest BCUT2D eigenvalue weighted by atomic mass is 10.2. The molecule has 0 radical (unpaired) electrons. The second-order valence-corrected chi connectivity index (χ2v) is 7.12. The average Bonchev–Trinajstić information content (AvgIpc) is 3.37. The third-order valence-electron chi connectivity index (χ3n) is 4.87. The van der Waals surface area contributed by atoms with E-state index in [-0.39, 0.29) is 5.91 Å². The summed E-state index contributed by atoms with van der Waals surface area (Å²) in [6.07, 6.45) is 7.91. The number of hydrogen-bond acceptors (Lipinski definition) is 5. The Bertz CT molecular complexity index is 1090. The van der Waals surface area contributed by atoms with Gasteiger partial charge in [0.05, 0.1) is 11.9 Å². The second kappa shape index (κ2) is 6.84. The van der Waals surface area contributed by atoms with Crippen LogP contribution in [0.3, 0.4) is 0 Å². The first kappa shape index (κ1) is 16.6. The molecule has 1 aromatic carbocycles. The van der Waals surface area contributed by atoms with Crippen molar-refractivity contribution in [3.63, 3.8) is 0 Å². The number of carbonyl (C=O) groups excluding carboxylic acids is 1. The van der Waals surface area contributed by atoms with Gasteiger partial charge in [0.1, 0.15) is 11.3 Å². The van der Waals surface area contributed by atoms with Crippen molar-refractivity contribution < 1.29 is 4.79 Å². The van der Waals surface area contributed by atoms with Crippen LogP contribution in [0, 0.1) is 5.92 Å². The van der Waals surface area contributed by atoms with E-state index in [0.29, 0.717) is 17.6 Å². The van der Waals surface area contributed by atoms with Gasteiger partial charge in [-0.2, -0.15) is 0 Å². The van der Waals surface area contributed by atoms with Gasteiger partial charge in [-0.3, -0.25) is 10.1 Å². The maximum Gasteiger partial charge on any atom is 0.276 e. The minimum absolute atomic E-state index is 0.195. The molecule has 140 valence electrons. The Kier molecular flexibility index (Phi) is 4.05. The standard InChI is InChI=1S/C21H20N6O/c28-20-18(26-21(27-20)24-10-13-6-7-13)8-14-11-22-19-17(14)9-16(12-23-19)25-15-4-2-1-3-5-15/h1-5,8-9,11-13,25H,6-7,10H2,(H,22,23)(H2,24,26,27,28)/b18-8-. The summed E-state index contributed by atoms with van der Waals surface area (Å²) in [5, 5.41) is 10.3. The SMILES string of the molecule is O=C1NC(NCC2CC2)=N/C1=C\c1c[nH]c2ncc(Nc3ccccc3)cc12. The van der Waals surface area contributed by atoms with Crippen molar-refractivity contribution in [2.75, 3.05) is 11.9 Å². The van der Waals surface area contributed by atoms with Gasteiger partial charge in [-0.1, -0.05) is 18.2 Å². The number of nitrogens with zero attached hydrogens (tertiary/aromatic N) is 2. The number of H-pyrrole nitrogens is 1. The number of aromatic amines is 1. The number of fused-ring (bicyclic) bond motifs is 1. The summed E-state index contributed by atoms with van der Waals surface area (Å²) in [5.41, 5.74) is 3.89. The van der Waals surface area contributed by atoms with Crippen molar-refractivity contribution in [3.8, 4) is 0 Å². The van der Waals surface area contributed by atoms with E-state index in [1.54, 1.807) is 12.3 Å². The van der Waals surface area contributed by atoms with Gasteiger partial charge >= 0.3 is 0 Å². The number of hydrogen-bond donors (Lipinski definition) is 4. The van der Waals surface area contributed by atoms with E-state index in [0.717, 1.165) is 34.5 Å². The Hall–Kier alpha value is -3.61. The minimum atomic E-state index is -0.195. The van der Waals surface area contributed by atoms with Crippen molar-refractivity contribution in [2.45, 2.75) is 12.8 Å². The first-order valence-corrected chi connectivity index (χ1v) is 9.39. The molecule has 3 heterocycles. The van der Waals surface area contributed by atoms with E-state index < -0.39 is 0 Å². The zero-order chi connectivity index (χ0) is 18.9. The maximum absolute atomic E-state index is 12.2. The summed E-state index contributed by atoms with van der Waals surface area (Å²) in [7, 11) is 0. The summed E-state index contributed by atoms with van der Waals surface area (Å²) < 4.78 is 0. The van der Waals surface area contributed by atoms with Gasteiger partial charge < -0.3 is 15.6 Å². The van der Waals surface area contributed by atoms with E-state index in [4.69, 9.17) is 0 Å². The van der Waals surface area contributed by atoms with Gasteiger partial charge in [0.15, 0.2) is 0 Å². The number of carbonyl (C=O) groups is 1. The Balaban J connectivity index is 1.41. The number of nitrogens with one attached hydrogen (secondary N) is 4. The van der Waals surface area contributed by atoms with Crippen LogP contribution in [0.15, 0.2) is 59.5 Å². The highest BCUT2D eigenvalue weighted by Gasteiger charge is 2.24. The van der Waals surface area contributed by atoms with E-state index in [2.05, 4.69) is 30.9 Å². The molecule has 7 nitrogen and oxygen atoms in total. The van der Waals surface area contributed by atoms with E-state index in [9.17, 15) is 4.79 Å². The highest BCUT2D eigenvalue weighted by atomic mass is 16.2. The van der Waals surface area contributed by atoms with Crippen LogP contribution >= 0.6 is 0 Å².